The van der Waals surface area contributed by atoms with E-state index in [4.69, 9.17) is 23.2 Å². The largest absolute Gasteiger partial charge is 0.505 e. The zero-order valence-electron chi connectivity index (χ0n) is 20.5. The van der Waals surface area contributed by atoms with Crippen molar-refractivity contribution in [2.75, 3.05) is 10.6 Å². The number of aromatic nitrogens is 2. The Labute approximate surface area is 230 Å². The molecule has 12 heteroatoms. The lowest BCUT2D eigenvalue weighted by atomic mass is 10.0. The van der Waals surface area contributed by atoms with Crippen LogP contribution >= 0.6 is 23.2 Å². The first-order valence-electron chi connectivity index (χ1n) is 11.6. The van der Waals surface area contributed by atoms with Gasteiger partial charge in [0.2, 0.25) is 5.91 Å². The van der Waals surface area contributed by atoms with E-state index in [2.05, 4.69) is 30.8 Å². The van der Waals surface area contributed by atoms with E-state index in [-0.39, 0.29) is 32.9 Å². The fraction of sp³-hybridized carbons (Fsp3) is 0.0741. The van der Waals surface area contributed by atoms with E-state index in [9.17, 15) is 19.5 Å². The van der Waals surface area contributed by atoms with Crippen molar-refractivity contribution < 1.29 is 14.7 Å². The highest BCUT2D eigenvalue weighted by molar-refractivity contribution is 6.35. The maximum absolute atomic E-state index is 13.3. The van der Waals surface area contributed by atoms with Crippen LogP contribution in [0.4, 0.5) is 22.7 Å². The number of nitrogens with zero attached hydrogens (tertiary/aromatic N) is 2. The van der Waals surface area contributed by atoms with Crippen molar-refractivity contribution in [3.8, 4) is 5.75 Å². The van der Waals surface area contributed by atoms with Crippen LogP contribution in [0.1, 0.15) is 22.8 Å². The summed E-state index contributed by atoms with van der Waals surface area (Å²) in [5.74, 6) is -1.29. The Kier molecular flexibility index (Phi) is 6.81. The van der Waals surface area contributed by atoms with Gasteiger partial charge in [0.15, 0.2) is 5.75 Å². The molecule has 10 nitrogen and oxygen atoms in total. The number of hydrogen-bond donors (Lipinski definition) is 5. The van der Waals surface area contributed by atoms with Crippen molar-refractivity contribution in [3.05, 3.63) is 86.3 Å². The van der Waals surface area contributed by atoms with Gasteiger partial charge in [-0.1, -0.05) is 47.5 Å². The van der Waals surface area contributed by atoms with Crippen molar-refractivity contribution in [1.29, 1.82) is 0 Å². The zero-order chi connectivity index (χ0) is 27.8. The number of rotatable bonds is 5. The molecule has 196 valence electrons. The number of anilines is 2. The maximum atomic E-state index is 13.3. The molecule has 0 fully saturated rings. The summed E-state index contributed by atoms with van der Waals surface area (Å²) in [6, 6.07) is 14.8. The molecule has 0 atom stereocenters. The van der Waals surface area contributed by atoms with Crippen LogP contribution in [0.25, 0.3) is 21.8 Å². The average molecular weight is 563 g/mol. The molecule has 0 saturated heterocycles. The summed E-state index contributed by atoms with van der Waals surface area (Å²) in [6.07, 6.45) is 0. The molecular formula is C27H20Cl2N6O4. The zero-order valence-corrected chi connectivity index (χ0v) is 22.0. The predicted octanol–water partition coefficient (Wildman–Crippen LogP) is 6.96. The molecule has 0 aliphatic carbocycles. The first-order valence-corrected chi connectivity index (χ1v) is 12.3. The standard InChI is InChI=1S/C27H20Cl2N6O4/c1-12-7-18(28)21(11-20(12)30-13(2)36)34-35-23-16-6-4-3-5-14(16)8-17(25(23)37)26(38)31-15-9-19(29)24-22(10-15)32-27(39)33-24/h3-11,37H,1-2H3,(H,30,36)(H,31,38)(H2,32,33,39). The summed E-state index contributed by atoms with van der Waals surface area (Å²) < 4.78 is 0. The van der Waals surface area contributed by atoms with Gasteiger partial charge in [0.25, 0.3) is 5.91 Å². The molecule has 0 aliphatic heterocycles. The number of imidazole rings is 1. The van der Waals surface area contributed by atoms with Crippen LogP contribution in [0.15, 0.2) is 69.6 Å². The lowest BCUT2D eigenvalue weighted by Crippen LogP contribution is -2.12. The van der Waals surface area contributed by atoms with E-state index in [1.54, 1.807) is 49.4 Å². The van der Waals surface area contributed by atoms with Gasteiger partial charge >= 0.3 is 5.69 Å². The minimum atomic E-state index is -0.635. The minimum absolute atomic E-state index is 0.0550. The summed E-state index contributed by atoms with van der Waals surface area (Å²) in [5.41, 5.74) is 2.20. The first kappa shape index (κ1) is 26.0. The van der Waals surface area contributed by atoms with Gasteiger partial charge in [0, 0.05) is 23.7 Å². The number of aromatic amines is 2. The average Bonchev–Trinajstić information content (AvgIpc) is 3.26. The van der Waals surface area contributed by atoms with Gasteiger partial charge in [0.1, 0.15) is 11.4 Å². The summed E-state index contributed by atoms with van der Waals surface area (Å²) in [7, 11) is 0. The Hall–Kier alpha value is -4.67. The van der Waals surface area contributed by atoms with Crippen LogP contribution in [-0.4, -0.2) is 26.9 Å². The molecule has 5 aromatic rings. The highest BCUT2D eigenvalue weighted by Crippen LogP contribution is 2.41. The molecule has 4 aromatic carbocycles. The topological polar surface area (TPSA) is 152 Å². The molecule has 2 amide bonds. The Balaban J connectivity index is 1.56. The van der Waals surface area contributed by atoms with Gasteiger partial charge < -0.3 is 25.7 Å². The molecule has 0 bridgehead atoms. The number of hydrogen-bond acceptors (Lipinski definition) is 6. The first-order chi connectivity index (χ1) is 18.6. The van der Waals surface area contributed by atoms with Gasteiger partial charge in [-0.15, -0.1) is 10.2 Å². The normalized spacial score (nSPS) is 11.4. The Morgan fingerprint density at radius 3 is 2.49 bits per heavy atom. The number of nitrogens with one attached hydrogen (secondary N) is 4. The van der Waals surface area contributed by atoms with Gasteiger partial charge in [0.05, 0.1) is 26.6 Å². The Bertz CT molecular complexity index is 1890. The number of phenolic OH excluding ortho intramolecular Hbond substituents is 1. The molecule has 1 heterocycles. The molecule has 0 aliphatic rings. The van der Waals surface area contributed by atoms with Gasteiger partial charge in [-0.25, -0.2) is 4.79 Å². The monoisotopic (exact) mass is 562 g/mol. The number of amides is 2. The van der Waals surface area contributed by atoms with Crippen molar-refractivity contribution in [1.82, 2.24) is 9.97 Å². The molecule has 5 N–H and O–H groups in total. The van der Waals surface area contributed by atoms with Crippen molar-refractivity contribution in [3.63, 3.8) is 0 Å². The smallest absolute Gasteiger partial charge is 0.323 e. The predicted molar refractivity (Wildman–Crippen MR) is 152 cm³/mol. The second-order valence-electron chi connectivity index (χ2n) is 8.76. The molecule has 39 heavy (non-hydrogen) atoms. The number of azo groups is 1. The second-order valence-corrected chi connectivity index (χ2v) is 9.57. The highest BCUT2D eigenvalue weighted by atomic mass is 35.5. The fourth-order valence-electron chi connectivity index (χ4n) is 4.13. The second kappa shape index (κ2) is 10.2. The number of benzene rings is 4. The molecule has 0 unspecified atom stereocenters. The van der Waals surface area contributed by atoms with E-state index in [1.807, 2.05) is 0 Å². The number of aryl methyl sites for hydroxylation is 1. The molecule has 5 rings (SSSR count). The minimum Gasteiger partial charge on any atom is -0.505 e. The quantitative estimate of drug-likeness (QED) is 0.147. The van der Waals surface area contributed by atoms with Crippen molar-refractivity contribution >= 4 is 79.6 Å². The van der Waals surface area contributed by atoms with Crippen LogP contribution in [0.2, 0.25) is 10.0 Å². The summed E-state index contributed by atoms with van der Waals surface area (Å²) in [5, 5.41) is 26.7. The maximum Gasteiger partial charge on any atom is 0.323 e. The number of carbonyl (C=O) groups excluding carboxylic acids is 2. The molecule has 1 aromatic heterocycles. The van der Waals surface area contributed by atoms with E-state index >= 15 is 0 Å². The third-order valence-corrected chi connectivity index (χ3v) is 6.54. The van der Waals surface area contributed by atoms with Crippen molar-refractivity contribution in [2.24, 2.45) is 10.2 Å². The Morgan fingerprint density at radius 1 is 0.949 bits per heavy atom. The Morgan fingerprint density at radius 2 is 1.72 bits per heavy atom. The van der Waals surface area contributed by atoms with Crippen LogP contribution < -0.4 is 16.3 Å². The summed E-state index contributed by atoms with van der Waals surface area (Å²) >= 11 is 12.6. The van der Waals surface area contributed by atoms with E-state index in [1.165, 1.54) is 19.1 Å². The third-order valence-electron chi connectivity index (χ3n) is 5.94. The van der Waals surface area contributed by atoms with Gasteiger partial charge in [-0.3, -0.25) is 9.59 Å². The van der Waals surface area contributed by atoms with E-state index < -0.39 is 17.3 Å². The fourth-order valence-corrected chi connectivity index (χ4v) is 4.65. The highest BCUT2D eigenvalue weighted by Gasteiger charge is 2.19. The number of fused-ring (bicyclic) bond motifs is 2. The number of H-pyrrole nitrogens is 2. The SMILES string of the molecule is CC(=O)Nc1cc(N=Nc2c(O)c(C(=O)Nc3cc(Cl)c4[nH]c(=O)[nH]c4c3)cc3ccccc23)c(Cl)cc1C. The number of halogens is 2. The molecular weight excluding hydrogens is 543 g/mol. The van der Waals surface area contributed by atoms with Crippen LogP contribution in [0.5, 0.6) is 5.75 Å². The van der Waals surface area contributed by atoms with Gasteiger partial charge in [-0.05, 0) is 48.2 Å². The van der Waals surface area contributed by atoms with E-state index in [0.717, 1.165) is 5.56 Å². The van der Waals surface area contributed by atoms with E-state index in [0.29, 0.717) is 33.2 Å². The number of phenols is 1. The van der Waals surface area contributed by atoms with Crippen LogP contribution in [-0.2, 0) is 4.79 Å². The van der Waals surface area contributed by atoms with Crippen LogP contribution in [0.3, 0.4) is 0 Å². The number of carbonyl (C=O) groups is 2. The van der Waals surface area contributed by atoms with Gasteiger partial charge in [-0.2, -0.15) is 0 Å². The molecule has 0 spiro atoms. The number of aromatic hydroxyl groups is 1. The lowest BCUT2D eigenvalue weighted by molar-refractivity contribution is -0.114. The summed E-state index contributed by atoms with van der Waals surface area (Å²) in [4.78, 5) is 41.6. The van der Waals surface area contributed by atoms with Crippen LogP contribution in [0, 0.1) is 6.92 Å². The molecule has 0 saturated carbocycles. The summed E-state index contributed by atoms with van der Waals surface area (Å²) in [6.45, 7) is 3.18. The lowest BCUT2D eigenvalue weighted by Gasteiger charge is -2.12. The third kappa shape index (κ3) is 5.20. The molecule has 0 radical (unpaired) electrons. The van der Waals surface area contributed by atoms with Crippen molar-refractivity contribution in [2.45, 2.75) is 13.8 Å².